The predicted octanol–water partition coefficient (Wildman–Crippen LogP) is 9.59. The summed E-state index contributed by atoms with van der Waals surface area (Å²) in [5, 5.41) is -1.63. The molecule has 0 radical (unpaired) electrons. The second-order valence-corrected chi connectivity index (χ2v) is 8.41. The minimum atomic E-state index is -0.832. The summed E-state index contributed by atoms with van der Waals surface area (Å²) < 4.78 is 195. The first-order valence-electron chi connectivity index (χ1n) is 22.8. The molecule has 0 N–H and O–H groups in total. The highest BCUT2D eigenvalue weighted by atomic mass is 16.3. The van der Waals surface area contributed by atoms with Crippen LogP contribution in [0.5, 0.6) is 0 Å². The lowest BCUT2D eigenvalue weighted by atomic mass is 9.96. The van der Waals surface area contributed by atoms with E-state index in [0.717, 1.165) is 6.07 Å². The van der Waals surface area contributed by atoms with E-state index in [1.165, 1.54) is 0 Å². The van der Waals surface area contributed by atoms with E-state index in [1.54, 1.807) is 0 Å². The van der Waals surface area contributed by atoms with Gasteiger partial charge in [0.25, 0.3) is 0 Å². The van der Waals surface area contributed by atoms with Crippen molar-refractivity contribution in [1.29, 1.82) is 0 Å². The number of hydrogen-bond donors (Lipinski definition) is 0. The fourth-order valence-corrected chi connectivity index (χ4v) is 4.21. The monoisotopic (exact) mass is 547 g/mol. The van der Waals surface area contributed by atoms with Crippen molar-refractivity contribution in [3.63, 3.8) is 0 Å². The molecule has 0 aliphatic carbocycles. The molecule has 192 valence electrons. The van der Waals surface area contributed by atoms with E-state index in [0.29, 0.717) is 0 Å². The maximum atomic E-state index is 9.40. The number of nitrogens with zero attached hydrogens (tertiary/aromatic N) is 3. The van der Waals surface area contributed by atoms with Crippen molar-refractivity contribution in [2.24, 2.45) is 0 Å². The third kappa shape index (κ3) is 4.14. The Kier molecular flexibility index (Phi) is 2.35. The van der Waals surface area contributed by atoms with Crippen molar-refractivity contribution >= 4 is 32.7 Å². The Hall–Kier alpha value is -5.61. The van der Waals surface area contributed by atoms with Crippen LogP contribution in [0.25, 0.3) is 78.0 Å². The summed E-state index contributed by atoms with van der Waals surface area (Å²) in [7, 11) is 0. The minimum Gasteiger partial charge on any atom is -0.456 e. The molecule has 0 amide bonds. The molecule has 0 atom stereocenters. The van der Waals surface area contributed by atoms with Crippen molar-refractivity contribution in [1.82, 2.24) is 15.0 Å². The van der Waals surface area contributed by atoms with Crippen molar-refractivity contribution in [2.75, 3.05) is 0 Å². The zero-order valence-electron chi connectivity index (χ0n) is 42.3. The lowest BCUT2D eigenvalue weighted by Gasteiger charge is -2.11. The molecule has 0 unspecified atom stereocenters. The van der Waals surface area contributed by atoms with Gasteiger partial charge in [0, 0.05) is 27.5 Å². The van der Waals surface area contributed by atoms with Gasteiger partial charge in [-0.2, -0.15) is 0 Å². The molecule has 41 heavy (non-hydrogen) atoms. The van der Waals surface area contributed by atoms with Crippen molar-refractivity contribution in [3.05, 3.63) is 139 Å². The van der Waals surface area contributed by atoms with Crippen molar-refractivity contribution < 1.29 is 34.6 Å². The number of benzene rings is 6. The second kappa shape index (κ2) is 9.54. The summed E-state index contributed by atoms with van der Waals surface area (Å²) in [6.07, 6.45) is 0. The number of rotatable bonds is 4. The number of fused-ring (bicyclic) bond motifs is 4. The van der Waals surface area contributed by atoms with E-state index in [1.807, 2.05) is 0 Å². The fraction of sp³-hybridized carbons (Fsp3) is 0. The first kappa shape index (κ1) is 10.1. The molecular weight excluding hydrogens is 502 g/mol. The topological polar surface area (TPSA) is 51.8 Å². The molecule has 2 aromatic heterocycles. The predicted molar refractivity (Wildman–Crippen MR) is 166 cm³/mol. The minimum absolute atomic E-state index is 0.317. The molecule has 0 spiro atoms. The van der Waals surface area contributed by atoms with E-state index < -0.39 is 195 Å². The van der Waals surface area contributed by atoms with Gasteiger partial charge in [-0.3, -0.25) is 0 Å². The van der Waals surface area contributed by atoms with Crippen LogP contribution < -0.4 is 0 Å². The van der Waals surface area contributed by atoms with Gasteiger partial charge < -0.3 is 4.42 Å². The Morgan fingerprint density at radius 2 is 1.07 bits per heavy atom. The molecule has 0 saturated carbocycles. The van der Waals surface area contributed by atoms with Crippen LogP contribution in [0.15, 0.2) is 143 Å². The van der Waals surface area contributed by atoms with Crippen LogP contribution in [-0.4, -0.2) is 15.0 Å². The zero-order chi connectivity index (χ0) is 46.3. The Morgan fingerprint density at radius 3 is 1.80 bits per heavy atom. The molecule has 2 heterocycles. The van der Waals surface area contributed by atoms with Crippen LogP contribution in [0.1, 0.15) is 30.2 Å². The molecule has 4 heteroatoms. The molecule has 0 aliphatic rings. The largest absolute Gasteiger partial charge is 0.456 e. The van der Waals surface area contributed by atoms with Crippen LogP contribution in [0.4, 0.5) is 0 Å². The van der Waals surface area contributed by atoms with Crippen LogP contribution >= 0.6 is 0 Å². The first-order valence-corrected chi connectivity index (χ1v) is 11.8. The number of furan rings is 1. The Labute approximate surface area is 267 Å². The van der Waals surface area contributed by atoms with Gasteiger partial charge in [-0.1, -0.05) is 115 Å². The van der Waals surface area contributed by atoms with Crippen LogP contribution in [0.3, 0.4) is 0 Å². The molecule has 0 aliphatic heterocycles. The van der Waals surface area contributed by atoms with Gasteiger partial charge in [0.1, 0.15) is 11.2 Å². The summed E-state index contributed by atoms with van der Waals surface area (Å²) in [6, 6.07) is -16.0. The molecule has 0 saturated heterocycles. The number of aromatic nitrogens is 3. The van der Waals surface area contributed by atoms with Gasteiger partial charge in [0.05, 0.1) is 30.2 Å². The average molecular weight is 548 g/mol. The summed E-state index contributed by atoms with van der Waals surface area (Å²) in [4.78, 5) is 13.1. The fourth-order valence-electron chi connectivity index (χ4n) is 4.21. The summed E-state index contributed by atoms with van der Waals surface area (Å²) in [5.41, 5.74) is -3.73. The van der Waals surface area contributed by atoms with Gasteiger partial charge in [-0.25, -0.2) is 15.0 Å². The molecule has 0 bridgehead atoms. The lowest BCUT2D eigenvalue weighted by molar-refractivity contribution is 0.669. The van der Waals surface area contributed by atoms with Crippen molar-refractivity contribution in [3.8, 4) is 45.3 Å². The van der Waals surface area contributed by atoms with Gasteiger partial charge in [0.15, 0.2) is 17.5 Å². The molecule has 8 aromatic rings. The van der Waals surface area contributed by atoms with Crippen LogP contribution in [0, 0.1) is 0 Å². The first-order chi connectivity index (χ1) is 29.5. The van der Waals surface area contributed by atoms with Gasteiger partial charge >= 0.3 is 0 Å². The lowest BCUT2D eigenvalue weighted by Crippen LogP contribution is -2.00. The normalized spacial score (nSPS) is 18.9. The summed E-state index contributed by atoms with van der Waals surface area (Å²) in [5.74, 6) is -2.06. The van der Waals surface area contributed by atoms with Gasteiger partial charge in [-0.15, -0.1) is 0 Å². The van der Waals surface area contributed by atoms with Crippen molar-refractivity contribution in [2.45, 2.75) is 0 Å². The zero-order valence-corrected chi connectivity index (χ0v) is 20.3. The van der Waals surface area contributed by atoms with E-state index in [9.17, 15) is 2.74 Å². The van der Waals surface area contributed by atoms with E-state index in [2.05, 4.69) is 15.0 Å². The Bertz CT molecular complexity index is 3300. The number of hydrogen-bond acceptors (Lipinski definition) is 4. The highest BCUT2D eigenvalue weighted by Gasteiger charge is 2.19. The molecule has 6 aromatic carbocycles. The molecular formula is C37H23N3O. The summed E-state index contributed by atoms with van der Waals surface area (Å²) in [6.45, 7) is 0. The quantitative estimate of drug-likeness (QED) is 0.220. The van der Waals surface area contributed by atoms with Gasteiger partial charge in [-0.05, 0) is 46.1 Å². The maximum Gasteiger partial charge on any atom is 0.164 e. The smallest absolute Gasteiger partial charge is 0.164 e. The van der Waals surface area contributed by atoms with Crippen LogP contribution in [0.2, 0.25) is 0 Å². The third-order valence-corrected chi connectivity index (χ3v) is 5.98. The Morgan fingerprint density at radius 1 is 0.463 bits per heavy atom. The Balaban J connectivity index is 1.63. The average Bonchev–Trinajstić information content (AvgIpc) is 3.67. The summed E-state index contributed by atoms with van der Waals surface area (Å²) >= 11 is 0. The second-order valence-electron chi connectivity index (χ2n) is 8.41. The van der Waals surface area contributed by atoms with Crippen LogP contribution in [-0.2, 0) is 0 Å². The van der Waals surface area contributed by atoms with E-state index in [4.69, 9.17) is 31.8 Å². The molecule has 0 fully saturated rings. The van der Waals surface area contributed by atoms with Gasteiger partial charge in [0.2, 0.25) is 0 Å². The maximum absolute atomic E-state index is 9.40. The number of para-hydroxylation sites is 1. The van der Waals surface area contributed by atoms with E-state index in [-0.39, 0.29) is 16.3 Å². The molecule has 8 rings (SSSR count). The third-order valence-electron chi connectivity index (χ3n) is 5.98. The molecule has 4 nitrogen and oxygen atoms in total. The SMILES string of the molecule is [2H]c1c([2H])c([2H])c(-c2nc(-c3c([2H])c([2H])c([2H])c([2H])c3[2H])nc(-c3cc(-c4c([2H])c([2H])c5c([2H])c([2H])c([2H])c([2H])c5c4[2H])c([2H])c4oc5c([2H])c([2H])c([2H])c([2H])c5c34)n2)c([2H])c1[2H]. The highest BCUT2D eigenvalue weighted by Crippen LogP contribution is 2.40. The highest BCUT2D eigenvalue weighted by molar-refractivity contribution is 6.13. The van der Waals surface area contributed by atoms with E-state index >= 15 is 0 Å². The standard InChI is InChI=1S/C37H23N3O/c1-3-12-25(13-4-1)35-38-36(26-14-5-2-6-15-26)40-37(39-35)31-22-29(28-20-19-24-11-7-8-16-27(24)21-28)23-33-34(31)30-17-9-10-18-32(30)41-33/h1-23H/i1D,2D,3D,4D,5D,6D,7D,8D,9D,10D,11D,12D,13D,14D,15D,16D,17D,18D,19D,20D,21D,23D.